The van der Waals surface area contributed by atoms with Gasteiger partial charge in [0.2, 0.25) is 5.90 Å². The number of hydrogen-bond acceptors (Lipinski definition) is 5. The van der Waals surface area contributed by atoms with Crippen LogP contribution >= 0.6 is 0 Å². The third kappa shape index (κ3) is 10.8. The molecule has 0 spiro atoms. The molecule has 6 heteroatoms. The van der Waals surface area contributed by atoms with Crippen LogP contribution < -0.4 is 0 Å². The fourth-order valence-electron chi connectivity index (χ4n) is 1.95. The van der Waals surface area contributed by atoms with Crippen molar-refractivity contribution in [1.82, 2.24) is 0 Å². The molecule has 0 unspecified atom stereocenters. The zero-order valence-corrected chi connectivity index (χ0v) is 15.9. The van der Waals surface area contributed by atoms with Crippen LogP contribution in [-0.4, -0.2) is 38.9 Å². The minimum atomic E-state index is -0.329. The second-order valence-corrected chi connectivity index (χ2v) is 5.32. The topological polar surface area (TPSA) is 66.4 Å². The molecule has 0 aliphatic carbocycles. The van der Waals surface area contributed by atoms with E-state index in [0.717, 1.165) is 11.1 Å². The van der Waals surface area contributed by atoms with E-state index < -0.39 is 0 Å². The van der Waals surface area contributed by atoms with Crippen LogP contribution in [0.3, 0.4) is 0 Å². The lowest BCUT2D eigenvalue weighted by atomic mass is 10.2. The normalized spacial score (nSPS) is 12.2. The third-order valence-corrected chi connectivity index (χ3v) is 3.19. The highest BCUT2D eigenvalue weighted by Crippen LogP contribution is 2.06. The number of benzene rings is 1. The maximum Gasteiger partial charge on any atom is 0.252 e. The molecule has 0 fully saturated rings. The summed E-state index contributed by atoms with van der Waals surface area (Å²) in [7, 11) is 1.54. The molecule has 0 saturated carbocycles. The zero-order valence-electron chi connectivity index (χ0n) is 15.9. The van der Waals surface area contributed by atoms with Crippen LogP contribution in [0, 0.1) is 0 Å². The molecule has 1 amide bonds. The van der Waals surface area contributed by atoms with Gasteiger partial charge < -0.3 is 18.9 Å². The first-order chi connectivity index (χ1) is 13.2. The van der Waals surface area contributed by atoms with Gasteiger partial charge >= 0.3 is 0 Å². The van der Waals surface area contributed by atoms with Gasteiger partial charge in [0.1, 0.15) is 0 Å². The molecule has 0 bridgehead atoms. The van der Waals surface area contributed by atoms with E-state index in [1.165, 1.54) is 12.3 Å². The van der Waals surface area contributed by atoms with Crippen molar-refractivity contribution >= 4 is 11.8 Å². The van der Waals surface area contributed by atoms with E-state index in [0.29, 0.717) is 19.8 Å². The standard InChI is InChI=1S/C21H27NO5/c1-4-21(27-5-2)22-20(23)12-11-19(13-14-25-17-24-3)16-26-15-18-9-7-6-8-10-18/h4,6-11,13-14H,1,5,12,15-17H2,2-3H3/b14-13+,19-11-,22-21?. The van der Waals surface area contributed by atoms with E-state index in [4.69, 9.17) is 18.9 Å². The van der Waals surface area contributed by atoms with E-state index in [1.54, 1.807) is 19.3 Å². The minimum Gasteiger partial charge on any atom is -0.478 e. The summed E-state index contributed by atoms with van der Waals surface area (Å²) < 4.78 is 20.9. The summed E-state index contributed by atoms with van der Waals surface area (Å²) in [6.45, 7) is 6.76. The van der Waals surface area contributed by atoms with Gasteiger partial charge in [0.15, 0.2) is 6.79 Å². The Balaban J connectivity index is 2.65. The van der Waals surface area contributed by atoms with Crippen LogP contribution in [0.1, 0.15) is 18.9 Å². The smallest absolute Gasteiger partial charge is 0.252 e. The van der Waals surface area contributed by atoms with Gasteiger partial charge in [-0.2, -0.15) is 4.99 Å². The van der Waals surface area contributed by atoms with Crippen molar-refractivity contribution in [3.63, 3.8) is 0 Å². The number of carbonyl (C=O) groups excluding carboxylic acids is 1. The third-order valence-electron chi connectivity index (χ3n) is 3.19. The lowest BCUT2D eigenvalue weighted by molar-refractivity contribution is -0.117. The lowest BCUT2D eigenvalue weighted by Crippen LogP contribution is -2.05. The number of aliphatic imine (C=N–C) groups is 1. The Morgan fingerprint density at radius 2 is 2.04 bits per heavy atom. The number of methoxy groups -OCH3 is 1. The lowest BCUT2D eigenvalue weighted by Gasteiger charge is -2.06. The van der Waals surface area contributed by atoms with Crippen molar-refractivity contribution in [2.24, 2.45) is 4.99 Å². The van der Waals surface area contributed by atoms with Gasteiger partial charge in [0.25, 0.3) is 5.91 Å². The van der Waals surface area contributed by atoms with Crippen molar-refractivity contribution < 1.29 is 23.7 Å². The van der Waals surface area contributed by atoms with Gasteiger partial charge in [-0.3, -0.25) is 4.79 Å². The molecule has 0 atom stereocenters. The first-order valence-corrected chi connectivity index (χ1v) is 8.64. The quantitative estimate of drug-likeness (QED) is 0.139. The molecule has 1 aromatic carbocycles. The largest absolute Gasteiger partial charge is 0.478 e. The van der Waals surface area contributed by atoms with Crippen LogP contribution in [0.5, 0.6) is 0 Å². The fraction of sp³-hybridized carbons (Fsp3) is 0.333. The monoisotopic (exact) mass is 373 g/mol. The first kappa shape index (κ1) is 22.3. The summed E-state index contributed by atoms with van der Waals surface area (Å²) in [5.74, 6) is -0.109. The Hall–Kier alpha value is -2.70. The number of hydrogen-bond donors (Lipinski definition) is 0. The van der Waals surface area contributed by atoms with Gasteiger partial charge in [0, 0.05) is 13.5 Å². The molecule has 0 aromatic heterocycles. The van der Waals surface area contributed by atoms with Gasteiger partial charge in [-0.05, 0) is 30.2 Å². The summed E-state index contributed by atoms with van der Waals surface area (Å²) in [5, 5.41) is 0. The highest BCUT2D eigenvalue weighted by Gasteiger charge is 2.02. The van der Waals surface area contributed by atoms with E-state index >= 15 is 0 Å². The summed E-state index contributed by atoms with van der Waals surface area (Å²) in [5.41, 5.74) is 1.87. The fourth-order valence-corrected chi connectivity index (χ4v) is 1.95. The number of ether oxygens (including phenoxy) is 4. The van der Waals surface area contributed by atoms with Crippen LogP contribution in [0.2, 0.25) is 0 Å². The molecule has 0 radical (unpaired) electrons. The van der Waals surface area contributed by atoms with E-state index in [1.807, 2.05) is 37.3 Å². The van der Waals surface area contributed by atoms with Crippen molar-refractivity contribution in [1.29, 1.82) is 0 Å². The Labute approximate surface area is 160 Å². The maximum atomic E-state index is 12.0. The molecule has 6 nitrogen and oxygen atoms in total. The van der Waals surface area contributed by atoms with E-state index in [9.17, 15) is 4.79 Å². The number of amides is 1. The highest BCUT2D eigenvalue weighted by molar-refractivity contribution is 5.97. The van der Waals surface area contributed by atoms with Crippen LogP contribution in [0.25, 0.3) is 0 Å². The SMILES string of the molecule is C=CC(=NC(=O)C/C=C(/C=C/OCOC)COCc1ccccc1)OCC. The molecule has 1 rings (SSSR count). The predicted molar refractivity (Wildman–Crippen MR) is 105 cm³/mol. The Kier molecular flexibility index (Phi) is 12.0. The van der Waals surface area contributed by atoms with Gasteiger partial charge in [-0.15, -0.1) is 0 Å². The van der Waals surface area contributed by atoms with Gasteiger partial charge in [-0.25, -0.2) is 0 Å². The van der Waals surface area contributed by atoms with Crippen molar-refractivity contribution in [2.45, 2.75) is 20.0 Å². The molecule has 0 N–H and O–H groups in total. The molecule has 0 aliphatic heterocycles. The van der Waals surface area contributed by atoms with E-state index in [-0.39, 0.29) is 25.0 Å². The Bertz CT molecular complexity index is 650. The molecule has 27 heavy (non-hydrogen) atoms. The summed E-state index contributed by atoms with van der Waals surface area (Å²) in [6, 6.07) is 9.85. The second-order valence-electron chi connectivity index (χ2n) is 5.32. The minimum absolute atomic E-state index is 0.114. The molecule has 1 aromatic rings. The predicted octanol–water partition coefficient (Wildman–Crippen LogP) is 3.80. The number of rotatable bonds is 12. The van der Waals surface area contributed by atoms with Crippen molar-refractivity contribution in [2.75, 3.05) is 27.1 Å². The molecular formula is C21H27NO5. The van der Waals surface area contributed by atoms with Gasteiger partial charge in [0.05, 0.1) is 26.1 Å². The van der Waals surface area contributed by atoms with Crippen LogP contribution in [0.15, 0.2) is 72.0 Å². The number of nitrogens with zero attached hydrogens (tertiary/aromatic N) is 1. The average molecular weight is 373 g/mol. The summed E-state index contributed by atoms with van der Waals surface area (Å²) >= 11 is 0. The maximum absolute atomic E-state index is 12.0. The van der Waals surface area contributed by atoms with Crippen molar-refractivity contribution in [3.05, 3.63) is 72.5 Å². The molecular weight excluding hydrogens is 346 g/mol. The summed E-state index contributed by atoms with van der Waals surface area (Å²) in [4.78, 5) is 15.9. The molecule has 146 valence electrons. The molecule has 0 aliphatic rings. The van der Waals surface area contributed by atoms with E-state index in [2.05, 4.69) is 11.6 Å². The van der Waals surface area contributed by atoms with Crippen molar-refractivity contribution in [3.8, 4) is 0 Å². The van der Waals surface area contributed by atoms with Crippen LogP contribution in [-0.2, 0) is 30.3 Å². The van der Waals surface area contributed by atoms with Crippen LogP contribution in [0.4, 0.5) is 0 Å². The Morgan fingerprint density at radius 1 is 1.26 bits per heavy atom. The average Bonchev–Trinajstić information content (AvgIpc) is 2.69. The molecule has 0 heterocycles. The summed E-state index contributed by atoms with van der Waals surface area (Å²) in [6.07, 6.45) is 6.51. The first-order valence-electron chi connectivity index (χ1n) is 8.64. The van der Waals surface area contributed by atoms with Gasteiger partial charge in [-0.1, -0.05) is 43.0 Å². The number of carbonyl (C=O) groups is 1. The Morgan fingerprint density at radius 3 is 2.70 bits per heavy atom. The molecule has 0 saturated heterocycles. The zero-order chi connectivity index (χ0) is 19.7. The highest BCUT2D eigenvalue weighted by atomic mass is 16.7. The second kappa shape index (κ2) is 14.5.